The minimum absolute atomic E-state index is 0. The molecule has 2 aromatic rings. The van der Waals surface area contributed by atoms with Crippen molar-refractivity contribution in [2.24, 2.45) is 0 Å². The van der Waals surface area contributed by atoms with Gasteiger partial charge in [-0.25, -0.2) is 0 Å². The van der Waals surface area contributed by atoms with Gasteiger partial charge in [-0.2, -0.15) is 23.3 Å². The zero-order valence-corrected chi connectivity index (χ0v) is 14.0. The molecule has 0 aliphatic heterocycles. The molecule has 5 nitrogen and oxygen atoms in total. The van der Waals surface area contributed by atoms with E-state index in [1.54, 1.807) is 29.1 Å². The summed E-state index contributed by atoms with van der Waals surface area (Å²) >= 11 is 0. The summed E-state index contributed by atoms with van der Waals surface area (Å²) in [5, 5.41) is 12.4. The number of hydrogen-bond acceptors (Lipinski definition) is 3. The number of hydrogen-bond donors (Lipinski definition) is 1. The number of aliphatic hydroxyl groups excluding tert-OH is 1. The van der Waals surface area contributed by atoms with Gasteiger partial charge in [0.05, 0.1) is 18.0 Å². The summed E-state index contributed by atoms with van der Waals surface area (Å²) in [6.07, 6.45) is 4.68. The number of benzene rings is 1. The molecule has 0 aliphatic carbocycles. The number of aromatic nitrogens is 2. The maximum absolute atomic E-state index is 10.0. The summed E-state index contributed by atoms with van der Waals surface area (Å²) in [6, 6.07) is 10.0. The molecule has 2 rings (SSSR count). The Hall–Kier alpha value is -2.22. The summed E-state index contributed by atoms with van der Waals surface area (Å²) in [7, 11) is 0. The average Bonchev–Trinajstić information content (AvgIpc) is 2.92. The molecule has 0 unspecified atom stereocenters. The Morgan fingerprint density at radius 3 is 2.67 bits per heavy atom. The third-order valence-electron chi connectivity index (χ3n) is 2.06. The standard InChI is InChI=1S/C10H6N3.C5H8O2.Ir/c1-11-9-4-2-5-10(8-9)13-7-3-6-12-13;1-4(6)3-5(2)7;/h2-4,6-8H;3,6H,1-2H3;/q-1;;/b;4-3-;. The normalized spacial score (nSPS) is 9.67. The third-order valence-corrected chi connectivity index (χ3v) is 2.06. The molecule has 1 radical (unpaired) electrons. The molecule has 0 fully saturated rings. The predicted molar refractivity (Wildman–Crippen MR) is 75.7 cm³/mol. The molecule has 0 saturated heterocycles. The molecule has 0 amide bonds. The van der Waals surface area contributed by atoms with Gasteiger partial charge in [0.25, 0.3) is 0 Å². The van der Waals surface area contributed by atoms with Crippen LogP contribution >= 0.6 is 0 Å². The maximum Gasteiger partial charge on any atom is 0.155 e. The van der Waals surface area contributed by atoms with Gasteiger partial charge >= 0.3 is 0 Å². The first kappa shape index (κ1) is 18.8. The Balaban J connectivity index is 0.000000436. The van der Waals surface area contributed by atoms with Crippen molar-refractivity contribution in [1.82, 2.24) is 9.78 Å². The number of ketones is 1. The van der Waals surface area contributed by atoms with Crippen LogP contribution in [-0.4, -0.2) is 20.7 Å². The molecule has 1 heterocycles. The summed E-state index contributed by atoms with van der Waals surface area (Å²) in [5.41, 5.74) is 1.39. The van der Waals surface area contributed by atoms with E-state index in [0.29, 0.717) is 5.69 Å². The van der Waals surface area contributed by atoms with Gasteiger partial charge in [-0.05, 0) is 19.9 Å². The van der Waals surface area contributed by atoms with Gasteiger partial charge in [0.15, 0.2) is 5.78 Å². The maximum atomic E-state index is 10.0. The largest absolute Gasteiger partial charge is 0.512 e. The second-order valence-corrected chi connectivity index (χ2v) is 3.89. The van der Waals surface area contributed by atoms with Crippen LogP contribution in [0.25, 0.3) is 10.5 Å². The van der Waals surface area contributed by atoms with Crippen molar-refractivity contribution >= 4 is 11.5 Å². The molecule has 21 heavy (non-hydrogen) atoms. The van der Waals surface area contributed by atoms with Gasteiger partial charge in [0.1, 0.15) is 0 Å². The summed E-state index contributed by atoms with van der Waals surface area (Å²) in [6.45, 7) is 9.70. The smallest absolute Gasteiger partial charge is 0.155 e. The van der Waals surface area contributed by atoms with E-state index >= 15 is 0 Å². The Bertz CT molecular complexity index is 639. The fourth-order valence-electron chi connectivity index (χ4n) is 1.35. The van der Waals surface area contributed by atoms with Crippen molar-refractivity contribution in [3.63, 3.8) is 0 Å². The summed E-state index contributed by atoms with van der Waals surface area (Å²) < 4.78 is 1.68. The van der Waals surface area contributed by atoms with Gasteiger partial charge in [-0.3, -0.25) is 14.3 Å². The van der Waals surface area contributed by atoms with Crippen molar-refractivity contribution in [3.05, 3.63) is 66.0 Å². The van der Waals surface area contributed by atoms with E-state index in [9.17, 15) is 4.79 Å². The summed E-state index contributed by atoms with van der Waals surface area (Å²) in [4.78, 5) is 13.3. The molecule has 1 aromatic carbocycles. The van der Waals surface area contributed by atoms with E-state index < -0.39 is 0 Å². The van der Waals surface area contributed by atoms with Crippen LogP contribution < -0.4 is 0 Å². The number of allylic oxidation sites excluding steroid dienone is 2. The molecule has 0 bridgehead atoms. The Morgan fingerprint density at radius 1 is 1.52 bits per heavy atom. The molecule has 0 aliphatic rings. The van der Waals surface area contributed by atoms with E-state index in [4.69, 9.17) is 11.7 Å². The molecular formula is C15H14IrN3O2-. The topological polar surface area (TPSA) is 59.5 Å². The number of nitrogens with zero attached hydrogens (tertiary/aromatic N) is 3. The van der Waals surface area contributed by atoms with Crippen LogP contribution in [0.15, 0.2) is 48.5 Å². The van der Waals surface area contributed by atoms with Crippen molar-refractivity contribution in [2.75, 3.05) is 0 Å². The molecular weight excluding hydrogens is 446 g/mol. The van der Waals surface area contributed by atoms with E-state index in [-0.39, 0.29) is 31.6 Å². The molecule has 1 N–H and O–H groups in total. The molecule has 0 atom stereocenters. The van der Waals surface area contributed by atoms with Gasteiger partial charge in [-0.1, -0.05) is 5.69 Å². The van der Waals surface area contributed by atoms with Crippen molar-refractivity contribution in [2.45, 2.75) is 13.8 Å². The Kier molecular flexibility index (Phi) is 8.63. The number of rotatable bonds is 2. The predicted octanol–water partition coefficient (Wildman–Crippen LogP) is 3.26. The van der Waals surface area contributed by atoms with Crippen LogP contribution in [0, 0.1) is 12.6 Å². The van der Waals surface area contributed by atoms with Crippen LogP contribution in [0.2, 0.25) is 0 Å². The van der Waals surface area contributed by atoms with Crippen LogP contribution in [0.4, 0.5) is 5.69 Å². The molecule has 6 heteroatoms. The van der Waals surface area contributed by atoms with Crippen molar-refractivity contribution < 1.29 is 30.0 Å². The first-order valence-electron chi connectivity index (χ1n) is 5.80. The fraction of sp³-hybridized carbons (Fsp3) is 0.133. The second-order valence-electron chi connectivity index (χ2n) is 3.89. The zero-order valence-electron chi connectivity index (χ0n) is 11.6. The number of carbonyl (C=O) groups excluding carboxylic acids is 1. The zero-order chi connectivity index (χ0) is 15.0. The minimum atomic E-state index is -0.125. The van der Waals surface area contributed by atoms with Crippen LogP contribution in [0.1, 0.15) is 13.8 Å². The van der Waals surface area contributed by atoms with Gasteiger partial charge in [0, 0.05) is 38.6 Å². The van der Waals surface area contributed by atoms with Crippen molar-refractivity contribution in [1.29, 1.82) is 0 Å². The summed E-state index contributed by atoms with van der Waals surface area (Å²) in [5.74, 6) is -0.0625. The van der Waals surface area contributed by atoms with Gasteiger partial charge in [-0.15, -0.1) is 6.07 Å². The van der Waals surface area contributed by atoms with Crippen molar-refractivity contribution in [3.8, 4) is 5.69 Å². The average molecular weight is 461 g/mol. The molecule has 111 valence electrons. The molecule has 0 spiro atoms. The SMILES string of the molecule is CC(=O)/C=C(/C)O.[C-]#[N+]c1cc[c-]c(-n2cccn2)c1.[Ir]. The minimum Gasteiger partial charge on any atom is -0.512 e. The number of carbonyl (C=O) groups is 1. The molecule has 0 saturated carbocycles. The van der Waals surface area contributed by atoms with E-state index in [0.717, 1.165) is 5.69 Å². The van der Waals surface area contributed by atoms with E-state index in [1.165, 1.54) is 19.9 Å². The third kappa shape index (κ3) is 7.21. The van der Waals surface area contributed by atoms with Crippen LogP contribution in [0.5, 0.6) is 0 Å². The van der Waals surface area contributed by atoms with E-state index in [1.807, 2.05) is 12.3 Å². The monoisotopic (exact) mass is 461 g/mol. The van der Waals surface area contributed by atoms with Crippen LogP contribution in [-0.2, 0) is 24.9 Å². The first-order valence-corrected chi connectivity index (χ1v) is 5.80. The second kappa shape index (κ2) is 9.65. The molecule has 1 aromatic heterocycles. The first-order chi connectivity index (χ1) is 9.52. The fourth-order valence-corrected chi connectivity index (χ4v) is 1.35. The van der Waals surface area contributed by atoms with E-state index in [2.05, 4.69) is 16.0 Å². The Morgan fingerprint density at radius 2 is 2.24 bits per heavy atom. The quantitative estimate of drug-likeness (QED) is 0.425. The van der Waals surface area contributed by atoms with Crippen LogP contribution in [0.3, 0.4) is 0 Å². The number of aliphatic hydroxyl groups is 1. The van der Waals surface area contributed by atoms with Gasteiger partial charge < -0.3 is 5.11 Å². The van der Waals surface area contributed by atoms with Gasteiger partial charge in [0.2, 0.25) is 0 Å². The Labute approximate surface area is 137 Å².